The van der Waals surface area contributed by atoms with E-state index in [-0.39, 0.29) is 5.91 Å². The van der Waals surface area contributed by atoms with E-state index in [1.54, 1.807) is 24.3 Å². The molecule has 116 valence electrons. The lowest BCUT2D eigenvalue weighted by Crippen LogP contribution is -2.26. The zero-order chi connectivity index (χ0) is 15.8. The second kappa shape index (κ2) is 8.17. The Morgan fingerprint density at radius 1 is 1.18 bits per heavy atom. The van der Waals surface area contributed by atoms with E-state index >= 15 is 0 Å². The third-order valence-electron chi connectivity index (χ3n) is 3.54. The molecule has 4 heteroatoms. The first-order chi connectivity index (χ1) is 10.7. The number of rotatable bonds is 7. The van der Waals surface area contributed by atoms with Crippen LogP contribution in [0.1, 0.15) is 36.5 Å². The quantitative estimate of drug-likeness (QED) is 0.787. The van der Waals surface area contributed by atoms with Gasteiger partial charge in [0.15, 0.2) is 0 Å². The molecule has 1 amide bonds. The number of unbranched alkanes of at least 4 members (excludes halogenated alkanes) is 2. The maximum atomic E-state index is 12.5. The van der Waals surface area contributed by atoms with Crippen LogP contribution in [-0.2, 0) is 0 Å². The standard InChI is InChI=1S/C18H23N3O/c1-3-4-8-11-20-16-12-15(13-19-14-16)18(22)21(2)17-9-6-5-7-10-17/h5-7,9-10,12-14,20H,3-4,8,11H2,1-2H3. The van der Waals surface area contributed by atoms with E-state index in [1.165, 1.54) is 12.8 Å². The molecule has 1 aromatic heterocycles. The molecule has 0 spiro atoms. The van der Waals surface area contributed by atoms with Gasteiger partial charge in [-0.05, 0) is 24.6 Å². The molecule has 1 N–H and O–H groups in total. The maximum absolute atomic E-state index is 12.5. The SMILES string of the molecule is CCCCCNc1cncc(C(=O)N(C)c2ccccc2)c1. The van der Waals surface area contributed by atoms with Crippen LogP contribution in [-0.4, -0.2) is 24.5 Å². The Balaban J connectivity index is 2.03. The van der Waals surface area contributed by atoms with Gasteiger partial charge in [-0.15, -0.1) is 0 Å². The summed E-state index contributed by atoms with van der Waals surface area (Å²) in [4.78, 5) is 18.3. The smallest absolute Gasteiger partial charge is 0.259 e. The molecule has 1 heterocycles. The predicted octanol–water partition coefficient (Wildman–Crippen LogP) is 3.96. The number of carbonyl (C=O) groups is 1. The monoisotopic (exact) mass is 297 g/mol. The van der Waals surface area contributed by atoms with Gasteiger partial charge in [0.25, 0.3) is 5.91 Å². The minimum absolute atomic E-state index is 0.0593. The highest BCUT2D eigenvalue weighted by Crippen LogP contribution is 2.16. The molecule has 2 rings (SSSR count). The van der Waals surface area contributed by atoms with Crippen LogP contribution in [0.3, 0.4) is 0 Å². The minimum atomic E-state index is -0.0593. The Bertz CT molecular complexity index is 598. The fourth-order valence-electron chi connectivity index (χ4n) is 2.22. The highest BCUT2D eigenvalue weighted by Gasteiger charge is 2.14. The van der Waals surface area contributed by atoms with E-state index in [2.05, 4.69) is 17.2 Å². The summed E-state index contributed by atoms with van der Waals surface area (Å²) in [6.45, 7) is 3.09. The van der Waals surface area contributed by atoms with Crippen LogP contribution >= 0.6 is 0 Å². The van der Waals surface area contributed by atoms with Gasteiger partial charge in [-0.25, -0.2) is 0 Å². The number of anilines is 2. The number of aromatic nitrogens is 1. The highest BCUT2D eigenvalue weighted by molar-refractivity contribution is 6.05. The fraction of sp³-hybridized carbons (Fsp3) is 0.333. The summed E-state index contributed by atoms with van der Waals surface area (Å²) < 4.78 is 0. The number of hydrogen-bond acceptors (Lipinski definition) is 3. The first kappa shape index (κ1) is 16.0. The van der Waals surface area contributed by atoms with Crippen molar-refractivity contribution in [1.82, 2.24) is 4.98 Å². The van der Waals surface area contributed by atoms with Gasteiger partial charge in [0, 0.05) is 31.7 Å². The number of pyridine rings is 1. The van der Waals surface area contributed by atoms with Crippen LogP contribution in [0.5, 0.6) is 0 Å². The van der Waals surface area contributed by atoms with Gasteiger partial charge >= 0.3 is 0 Å². The summed E-state index contributed by atoms with van der Waals surface area (Å²) in [6, 6.07) is 11.5. The van der Waals surface area contributed by atoms with Gasteiger partial charge in [-0.2, -0.15) is 0 Å². The number of benzene rings is 1. The van der Waals surface area contributed by atoms with Crippen LogP contribution < -0.4 is 10.2 Å². The third kappa shape index (κ3) is 4.32. The van der Waals surface area contributed by atoms with Crippen LogP contribution in [0.25, 0.3) is 0 Å². The second-order valence-corrected chi connectivity index (χ2v) is 5.30. The Kier molecular flexibility index (Phi) is 5.95. The van der Waals surface area contributed by atoms with Gasteiger partial charge in [-0.1, -0.05) is 38.0 Å². The Labute approximate surface area is 132 Å². The van der Waals surface area contributed by atoms with Crippen LogP contribution in [0, 0.1) is 0 Å². The summed E-state index contributed by atoms with van der Waals surface area (Å²) in [5.41, 5.74) is 2.35. The molecule has 0 aliphatic heterocycles. The Morgan fingerprint density at radius 3 is 2.68 bits per heavy atom. The summed E-state index contributed by atoms with van der Waals surface area (Å²) in [7, 11) is 1.78. The summed E-state index contributed by atoms with van der Waals surface area (Å²) in [5, 5.41) is 3.32. The lowest BCUT2D eigenvalue weighted by Gasteiger charge is -2.17. The summed E-state index contributed by atoms with van der Waals surface area (Å²) in [5.74, 6) is -0.0593. The number of para-hydroxylation sites is 1. The molecule has 0 atom stereocenters. The Hall–Kier alpha value is -2.36. The summed E-state index contributed by atoms with van der Waals surface area (Å²) >= 11 is 0. The molecular formula is C18H23N3O. The largest absolute Gasteiger partial charge is 0.384 e. The average molecular weight is 297 g/mol. The molecule has 0 radical (unpaired) electrons. The third-order valence-corrected chi connectivity index (χ3v) is 3.54. The maximum Gasteiger partial charge on any atom is 0.259 e. The van der Waals surface area contributed by atoms with Crippen molar-refractivity contribution in [2.75, 3.05) is 23.8 Å². The van der Waals surface area contributed by atoms with E-state index in [0.717, 1.165) is 24.3 Å². The van der Waals surface area contributed by atoms with Crippen LogP contribution in [0.15, 0.2) is 48.8 Å². The van der Waals surface area contributed by atoms with E-state index in [0.29, 0.717) is 5.56 Å². The number of hydrogen-bond donors (Lipinski definition) is 1. The second-order valence-electron chi connectivity index (χ2n) is 5.30. The first-order valence-corrected chi connectivity index (χ1v) is 7.74. The molecule has 0 saturated heterocycles. The topological polar surface area (TPSA) is 45.2 Å². The van der Waals surface area contributed by atoms with E-state index in [9.17, 15) is 4.79 Å². The van der Waals surface area contributed by atoms with Crippen molar-refractivity contribution in [3.05, 3.63) is 54.4 Å². The lowest BCUT2D eigenvalue weighted by atomic mass is 10.2. The zero-order valence-electron chi connectivity index (χ0n) is 13.2. The lowest BCUT2D eigenvalue weighted by molar-refractivity contribution is 0.0992. The predicted molar refractivity (Wildman–Crippen MR) is 91.4 cm³/mol. The van der Waals surface area contributed by atoms with Gasteiger partial charge in [0.05, 0.1) is 11.3 Å². The van der Waals surface area contributed by atoms with Crippen LogP contribution in [0.2, 0.25) is 0 Å². The van der Waals surface area contributed by atoms with Crippen molar-refractivity contribution in [2.24, 2.45) is 0 Å². The fourth-order valence-corrected chi connectivity index (χ4v) is 2.22. The number of nitrogens with zero attached hydrogens (tertiary/aromatic N) is 2. The highest BCUT2D eigenvalue weighted by atomic mass is 16.2. The van der Waals surface area contributed by atoms with E-state index in [1.807, 2.05) is 36.4 Å². The average Bonchev–Trinajstić information content (AvgIpc) is 2.58. The van der Waals surface area contributed by atoms with E-state index in [4.69, 9.17) is 0 Å². The van der Waals surface area contributed by atoms with Crippen molar-refractivity contribution in [3.8, 4) is 0 Å². The van der Waals surface area contributed by atoms with Crippen molar-refractivity contribution in [2.45, 2.75) is 26.2 Å². The number of carbonyl (C=O) groups excluding carboxylic acids is 1. The molecule has 0 unspecified atom stereocenters. The van der Waals surface area contributed by atoms with Gasteiger partial charge < -0.3 is 10.2 Å². The molecule has 22 heavy (non-hydrogen) atoms. The van der Waals surface area contributed by atoms with Gasteiger partial charge in [-0.3, -0.25) is 9.78 Å². The molecular weight excluding hydrogens is 274 g/mol. The van der Waals surface area contributed by atoms with Crippen molar-refractivity contribution < 1.29 is 4.79 Å². The van der Waals surface area contributed by atoms with Crippen molar-refractivity contribution in [1.29, 1.82) is 0 Å². The molecule has 0 fully saturated rings. The molecule has 1 aromatic carbocycles. The molecule has 0 bridgehead atoms. The number of nitrogens with one attached hydrogen (secondary N) is 1. The molecule has 0 aliphatic rings. The molecule has 2 aromatic rings. The summed E-state index contributed by atoms with van der Waals surface area (Å²) in [6.07, 6.45) is 6.89. The molecule has 4 nitrogen and oxygen atoms in total. The number of amides is 1. The normalized spacial score (nSPS) is 10.3. The zero-order valence-corrected chi connectivity index (χ0v) is 13.2. The molecule has 0 saturated carbocycles. The van der Waals surface area contributed by atoms with Crippen molar-refractivity contribution >= 4 is 17.3 Å². The van der Waals surface area contributed by atoms with Gasteiger partial charge in [0.1, 0.15) is 0 Å². The van der Waals surface area contributed by atoms with Gasteiger partial charge in [0.2, 0.25) is 0 Å². The van der Waals surface area contributed by atoms with Crippen molar-refractivity contribution in [3.63, 3.8) is 0 Å². The molecule has 0 aliphatic carbocycles. The first-order valence-electron chi connectivity index (χ1n) is 7.74. The minimum Gasteiger partial charge on any atom is -0.384 e. The van der Waals surface area contributed by atoms with Crippen LogP contribution in [0.4, 0.5) is 11.4 Å². The Morgan fingerprint density at radius 2 is 1.95 bits per heavy atom. The van der Waals surface area contributed by atoms with E-state index < -0.39 is 0 Å².